The Bertz CT molecular complexity index is 550. The van der Waals surface area contributed by atoms with Crippen LogP contribution in [0.25, 0.3) is 6.08 Å². The number of hydrogen-bond acceptors (Lipinski definition) is 2. The van der Waals surface area contributed by atoms with Gasteiger partial charge in [-0.25, -0.2) is 9.18 Å². The van der Waals surface area contributed by atoms with Gasteiger partial charge in [-0.2, -0.15) is 0 Å². The number of aryl methyl sites for hydroxylation is 1. The third-order valence-corrected chi connectivity index (χ3v) is 3.01. The first kappa shape index (κ1) is 14.6. The highest BCUT2D eigenvalue weighted by Crippen LogP contribution is 2.21. The minimum atomic E-state index is -0.476. The fraction of sp³-hybridized carbons (Fsp3) is 0.438. The largest absolute Gasteiger partial charge is 0.444 e. The molecular formula is C16H20FNO2. The Morgan fingerprint density at radius 2 is 2.00 bits per heavy atom. The molecule has 0 radical (unpaired) electrons. The van der Waals surface area contributed by atoms with Crippen LogP contribution in [0.15, 0.2) is 23.8 Å². The van der Waals surface area contributed by atoms with E-state index in [4.69, 9.17) is 4.74 Å². The van der Waals surface area contributed by atoms with Crippen molar-refractivity contribution < 1.29 is 13.9 Å². The Balaban J connectivity index is 1.94. The summed E-state index contributed by atoms with van der Waals surface area (Å²) in [5, 5.41) is 0. The van der Waals surface area contributed by atoms with Gasteiger partial charge >= 0.3 is 6.09 Å². The molecule has 3 nitrogen and oxygen atoms in total. The topological polar surface area (TPSA) is 29.5 Å². The second-order valence-corrected chi connectivity index (χ2v) is 6.15. The molecule has 0 atom stereocenters. The van der Waals surface area contributed by atoms with E-state index in [0.29, 0.717) is 18.7 Å². The van der Waals surface area contributed by atoms with Crippen molar-refractivity contribution in [1.82, 2.24) is 4.90 Å². The van der Waals surface area contributed by atoms with Gasteiger partial charge in [0.15, 0.2) is 0 Å². The van der Waals surface area contributed by atoms with Gasteiger partial charge in [-0.1, -0.05) is 18.2 Å². The van der Waals surface area contributed by atoms with Crippen molar-refractivity contribution in [1.29, 1.82) is 0 Å². The van der Waals surface area contributed by atoms with Gasteiger partial charge in [0.1, 0.15) is 11.4 Å². The summed E-state index contributed by atoms with van der Waals surface area (Å²) in [6.45, 7) is 8.36. The molecule has 0 saturated carbocycles. The van der Waals surface area contributed by atoms with Crippen LogP contribution >= 0.6 is 0 Å². The summed E-state index contributed by atoms with van der Waals surface area (Å²) in [7, 11) is 0. The van der Waals surface area contributed by atoms with Crippen molar-refractivity contribution >= 4 is 12.2 Å². The molecule has 1 aromatic rings. The van der Waals surface area contributed by atoms with E-state index in [1.165, 1.54) is 6.07 Å². The maximum absolute atomic E-state index is 13.4. The van der Waals surface area contributed by atoms with Crippen molar-refractivity contribution in [2.75, 3.05) is 13.1 Å². The Labute approximate surface area is 119 Å². The minimum Gasteiger partial charge on any atom is -0.444 e. The fourth-order valence-electron chi connectivity index (χ4n) is 1.93. The molecule has 108 valence electrons. The van der Waals surface area contributed by atoms with Crippen LogP contribution in [0.4, 0.5) is 9.18 Å². The number of carbonyl (C=O) groups is 1. The molecule has 0 aliphatic carbocycles. The highest BCUT2D eigenvalue weighted by atomic mass is 19.1. The Morgan fingerprint density at radius 1 is 1.35 bits per heavy atom. The number of hydrogen-bond donors (Lipinski definition) is 0. The molecule has 0 aromatic heterocycles. The highest BCUT2D eigenvalue weighted by Gasteiger charge is 2.29. The van der Waals surface area contributed by atoms with E-state index in [-0.39, 0.29) is 11.9 Å². The summed E-state index contributed by atoms with van der Waals surface area (Å²) >= 11 is 0. The zero-order chi connectivity index (χ0) is 14.9. The zero-order valence-corrected chi connectivity index (χ0v) is 12.4. The minimum absolute atomic E-state index is 0.206. The Morgan fingerprint density at radius 3 is 2.55 bits per heavy atom. The van der Waals surface area contributed by atoms with Crippen LogP contribution in [0.2, 0.25) is 0 Å². The molecular weight excluding hydrogens is 257 g/mol. The SMILES string of the molecule is Cc1ccc(C=C2CN(C(=O)OC(C)(C)C)C2)cc1F. The van der Waals surface area contributed by atoms with Gasteiger partial charge in [-0.15, -0.1) is 0 Å². The van der Waals surface area contributed by atoms with Crippen molar-refractivity contribution in [2.24, 2.45) is 0 Å². The normalized spacial score (nSPS) is 14.8. The van der Waals surface area contributed by atoms with Crippen LogP contribution in [0, 0.1) is 12.7 Å². The number of likely N-dealkylation sites (tertiary alicyclic amines) is 1. The molecule has 0 spiro atoms. The van der Waals surface area contributed by atoms with Crippen molar-refractivity contribution in [2.45, 2.75) is 33.3 Å². The van der Waals surface area contributed by atoms with E-state index < -0.39 is 5.60 Å². The smallest absolute Gasteiger partial charge is 0.410 e. The van der Waals surface area contributed by atoms with Gasteiger partial charge in [-0.3, -0.25) is 0 Å². The maximum atomic E-state index is 13.4. The van der Waals surface area contributed by atoms with Crippen molar-refractivity contribution in [3.8, 4) is 0 Å². The molecule has 4 heteroatoms. The number of nitrogens with zero attached hydrogens (tertiary/aromatic N) is 1. The van der Waals surface area contributed by atoms with E-state index in [1.54, 1.807) is 17.9 Å². The monoisotopic (exact) mass is 277 g/mol. The first-order valence-electron chi connectivity index (χ1n) is 6.68. The molecule has 0 bridgehead atoms. The Hall–Kier alpha value is -1.84. The average Bonchev–Trinajstić information content (AvgIpc) is 2.25. The second-order valence-electron chi connectivity index (χ2n) is 6.15. The van der Waals surface area contributed by atoms with Crippen LogP contribution < -0.4 is 0 Å². The third-order valence-electron chi connectivity index (χ3n) is 3.01. The standard InChI is InChI=1S/C16H20FNO2/c1-11-5-6-12(8-14(11)17)7-13-9-18(10-13)15(19)20-16(2,3)4/h5-8H,9-10H2,1-4H3. The van der Waals surface area contributed by atoms with Crippen molar-refractivity contribution in [3.63, 3.8) is 0 Å². The zero-order valence-electron chi connectivity index (χ0n) is 12.4. The summed E-state index contributed by atoms with van der Waals surface area (Å²) in [4.78, 5) is 13.4. The van der Waals surface area contributed by atoms with Gasteiger partial charge in [0.05, 0.1) is 0 Å². The Kier molecular flexibility index (Phi) is 3.84. The van der Waals surface area contributed by atoms with Crippen LogP contribution in [-0.2, 0) is 4.74 Å². The number of rotatable bonds is 1. The summed E-state index contributed by atoms with van der Waals surface area (Å²) in [5.41, 5.74) is 2.08. The predicted molar refractivity (Wildman–Crippen MR) is 76.9 cm³/mol. The first-order chi connectivity index (χ1) is 9.24. The lowest BCUT2D eigenvalue weighted by molar-refractivity contribution is 0.0216. The highest BCUT2D eigenvalue weighted by molar-refractivity contribution is 5.72. The number of benzene rings is 1. The summed E-state index contributed by atoms with van der Waals surface area (Å²) in [6, 6.07) is 5.14. The van der Waals surface area contributed by atoms with Gasteiger partial charge < -0.3 is 9.64 Å². The van der Waals surface area contributed by atoms with E-state index >= 15 is 0 Å². The second kappa shape index (κ2) is 5.27. The predicted octanol–water partition coefficient (Wildman–Crippen LogP) is 3.77. The molecule has 20 heavy (non-hydrogen) atoms. The average molecular weight is 277 g/mol. The number of halogens is 1. The molecule has 0 unspecified atom stereocenters. The maximum Gasteiger partial charge on any atom is 0.410 e. The first-order valence-corrected chi connectivity index (χ1v) is 6.68. The lowest BCUT2D eigenvalue weighted by Gasteiger charge is -2.35. The lowest BCUT2D eigenvalue weighted by Crippen LogP contribution is -2.46. The van der Waals surface area contributed by atoms with Gasteiger partial charge in [-0.05, 0) is 50.5 Å². The lowest BCUT2D eigenvalue weighted by atomic mass is 10.0. The fourth-order valence-corrected chi connectivity index (χ4v) is 1.93. The van der Waals surface area contributed by atoms with E-state index in [9.17, 15) is 9.18 Å². The number of ether oxygens (including phenoxy) is 1. The van der Waals surface area contributed by atoms with Gasteiger partial charge in [0.25, 0.3) is 0 Å². The van der Waals surface area contributed by atoms with Crippen molar-refractivity contribution in [3.05, 3.63) is 40.7 Å². The molecule has 1 aliphatic rings. The van der Waals surface area contributed by atoms with E-state index in [2.05, 4.69) is 0 Å². The quantitative estimate of drug-likeness (QED) is 0.782. The van der Waals surface area contributed by atoms with Crippen LogP contribution in [0.3, 0.4) is 0 Å². The van der Waals surface area contributed by atoms with E-state index in [0.717, 1.165) is 11.1 Å². The number of carbonyl (C=O) groups excluding carboxylic acids is 1. The summed E-state index contributed by atoms with van der Waals surface area (Å²) in [6.07, 6.45) is 1.62. The summed E-state index contributed by atoms with van der Waals surface area (Å²) < 4.78 is 18.7. The van der Waals surface area contributed by atoms with Gasteiger partial charge in [0, 0.05) is 13.1 Å². The molecule has 1 aliphatic heterocycles. The molecule has 2 rings (SSSR count). The van der Waals surface area contributed by atoms with Crippen LogP contribution in [-0.4, -0.2) is 29.7 Å². The molecule has 0 N–H and O–H groups in total. The van der Waals surface area contributed by atoms with Crippen LogP contribution in [0.5, 0.6) is 0 Å². The molecule has 1 fully saturated rings. The molecule has 1 aromatic carbocycles. The molecule has 1 amide bonds. The summed E-state index contributed by atoms with van der Waals surface area (Å²) in [5.74, 6) is -0.206. The third kappa shape index (κ3) is 3.59. The van der Waals surface area contributed by atoms with Gasteiger partial charge in [0.2, 0.25) is 0 Å². The number of amides is 1. The molecule has 1 heterocycles. The van der Waals surface area contributed by atoms with E-state index in [1.807, 2.05) is 32.9 Å². The van der Waals surface area contributed by atoms with Crippen LogP contribution in [0.1, 0.15) is 31.9 Å². The molecule has 1 saturated heterocycles.